The molecule has 0 aromatic heterocycles. The van der Waals surface area contributed by atoms with Gasteiger partial charge in [0.25, 0.3) is 0 Å². The van der Waals surface area contributed by atoms with Crippen molar-refractivity contribution in [1.82, 2.24) is 10.6 Å². The van der Waals surface area contributed by atoms with E-state index in [2.05, 4.69) is 83.5 Å². The van der Waals surface area contributed by atoms with Crippen molar-refractivity contribution in [3.63, 3.8) is 0 Å². The third kappa shape index (κ3) is 3.19. The molecule has 0 saturated carbocycles. The highest BCUT2D eigenvalue weighted by Crippen LogP contribution is 2.28. The minimum Gasteiger partial charge on any atom is -0.379 e. The normalized spacial score (nSPS) is 19.7. The van der Waals surface area contributed by atoms with Crippen molar-refractivity contribution in [3.05, 3.63) is 90.2 Å². The average Bonchev–Trinajstić information content (AvgIpc) is 2.70. The molecule has 0 bridgehead atoms. The Kier molecular flexibility index (Phi) is 4.30. The Morgan fingerprint density at radius 2 is 1.79 bits per heavy atom. The Labute approximate surface area is 143 Å². The van der Waals surface area contributed by atoms with Crippen LogP contribution in [0.25, 0.3) is 16.7 Å². The van der Waals surface area contributed by atoms with Crippen molar-refractivity contribution in [3.8, 4) is 11.1 Å². The second kappa shape index (κ2) is 6.90. The highest BCUT2D eigenvalue weighted by atomic mass is 15.1. The van der Waals surface area contributed by atoms with Crippen LogP contribution in [0, 0.1) is 0 Å². The summed E-state index contributed by atoms with van der Waals surface area (Å²) in [6, 6.07) is 18.0. The lowest BCUT2D eigenvalue weighted by molar-refractivity contribution is 0.564. The summed E-state index contributed by atoms with van der Waals surface area (Å²) in [7, 11) is 0. The maximum absolute atomic E-state index is 3.45. The van der Waals surface area contributed by atoms with E-state index in [1.807, 2.05) is 6.20 Å². The quantitative estimate of drug-likeness (QED) is 0.851. The molecule has 2 nitrogen and oxygen atoms in total. The summed E-state index contributed by atoms with van der Waals surface area (Å²) in [6.07, 6.45) is 13.1. The molecule has 120 valence electrons. The van der Waals surface area contributed by atoms with E-state index < -0.39 is 0 Å². The van der Waals surface area contributed by atoms with E-state index >= 15 is 0 Å². The standard InChI is InChI=1S/C22H22N2/c1-2-5-17(6-3-1)18-9-11-19(12-10-18)20-7-4-8-21(15-20)22-13-14-23-16-24-22/h1-2,4-5,7-15,22-24H,3,6,16H2. The predicted octanol–water partition coefficient (Wildman–Crippen LogP) is 4.79. The number of hydrogen-bond acceptors (Lipinski definition) is 2. The first kappa shape index (κ1) is 15.0. The van der Waals surface area contributed by atoms with E-state index in [0.717, 1.165) is 19.5 Å². The van der Waals surface area contributed by atoms with E-state index in [9.17, 15) is 0 Å². The lowest BCUT2D eigenvalue weighted by Gasteiger charge is -2.20. The van der Waals surface area contributed by atoms with E-state index in [1.165, 1.54) is 27.8 Å². The van der Waals surface area contributed by atoms with Crippen LogP contribution < -0.4 is 10.6 Å². The van der Waals surface area contributed by atoms with Gasteiger partial charge in [0.15, 0.2) is 0 Å². The largest absolute Gasteiger partial charge is 0.379 e. The number of benzene rings is 2. The molecule has 2 aromatic carbocycles. The Balaban J connectivity index is 1.59. The van der Waals surface area contributed by atoms with Crippen LogP contribution in [0.3, 0.4) is 0 Å². The van der Waals surface area contributed by atoms with Crippen molar-refractivity contribution in [2.24, 2.45) is 0 Å². The Morgan fingerprint density at radius 1 is 0.917 bits per heavy atom. The van der Waals surface area contributed by atoms with Gasteiger partial charge in [0.05, 0.1) is 12.7 Å². The van der Waals surface area contributed by atoms with Gasteiger partial charge in [-0.25, -0.2) is 0 Å². The molecule has 24 heavy (non-hydrogen) atoms. The van der Waals surface area contributed by atoms with E-state index in [0.29, 0.717) is 0 Å². The maximum Gasteiger partial charge on any atom is 0.0655 e. The number of allylic oxidation sites excluding steroid dienone is 4. The fourth-order valence-corrected chi connectivity index (χ4v) is 3.32. The molecule has 1 unspecified atom stereocenters. The van der Waals surface area contributed by atoms with Crippen molar-refractivity contribution in [2.45, 2.75) is 18.9 Å². The predicted molar refractivity (Wildman–Crippen MR) is 101 cm³/mol. The molecule has 1 aliphatic carbocycles. The van der Waals surface area contributed by atoms with Crippen molar-refractivity contribution in [2.75, 3.05) is 6.67 Å². The van der Waals surface area contributed by atoms with Crippen molar-refractivity contribution >= 4 is 5.57 Å². The summed E-state index contributed by atoms with van der Waals surface area (Å²) in [4.78, 5) is 0. The van der Waals surface area contributed by atoms with Crippen LogP contribution in [-0.4, -0.2) is 6.67 Å². The molecular weight excluding hydrogens is 292 g/mol. The maximum atomic E-state index is 3.45. The van der Waals surface area contributed by atoms with Gasteiger partial charge in [-0.2, -0.15) is 0 Å². The molecule has 0 spiro atoms. The van der Waals surface area contributed by atoms with E-state index in [4.69, 9.17) is 0 Å². The first-order valence-corrected chi connectivity index (χ1v) is 8.60. The molecule has 1 atom stereocenters. The van der Waals surface area contributed by atoms with Gasteiger partial charge in [-0.3, -0.25) is 5.32 Å². The summed E-state index contributed by atoms with van der Waals surface area (Å²) >= 11 is 0. The van der Waals surface area contributed by atoms with Crippen molar-refractivity contribution in [1.29, 1.82) is 0 Å². The molecule has 0 saturated heterocycles. The van der Waals surface area contributed by atoms with E-state index in [1.54, 1.807) is 0 Å². The number of rotatable bonds is 3. The fourth-order valence-electron chi connectivity index (χ4n) is 3.32. The zero-order valence-electron chi connectivity index (χ0n) is 13.7. The van der Waals surface area contributed by atoms with Gasteiger partial charge in [0.2, 0.25) is 0 Å². The topological polar surface area (TPSA) is 24.1 Å². The Hall–Kier alpha value is -2.58. The van der Waals surface area contributed by atoms with Crippen LogP contribution >= 0.6 is 0 Å². The van der Waals surface area contributed by atoms with Gasteiger partial charge in [0.1, 0.15) is 0 Å². The van der Waals surface area contributed by atoms with Gasteiger partial charge in [-0.15, -0.1) is 0 Å². The number of nitrogens with one attached hydrogen (secondary N) is 2. The van der Waals surface area contributed by atoms with Crippen LogP contribution in [0.1, 0.15) is 30.0 Å². The third-order valence-corrected chi connectivity index (χ3v) is 4.68. The SMILES string of the molecule is C1=CCCC(c2ccc(-c3cccc(C4C=CNCN4)c3)cc2)=C1. The summed E-state index contributed by atoms with van der Waals surface area (Å²) in [5.74, 6) is 0. The second-order valence-electron chi connectivity index (χ2n) is 6.28. The average molecular weight is 314 g/mol. The van der Waals surface area contributed by atoms with Gasteiger partial charge < -0.3 is 5.32 Å². The molecule has 2 heteroatoms. The first-order valence-electron chi connectivity index (χ1n) is 8.60. The molecule has 1 heterocycles. The highest BCUT2D eigenvalue weighted by Gasteiger charge is 2.11. The van der Waals surface area contributed by atoms with Crippen LogP contribution in [0.5, 0.6) is 0 Å². The zero-order valence-corrected chi connectivity index (χ0v) is 13.7. The molecule has 0 radical (unpaired) electrons. The van der Waals surface area contributed by atoms with Gasteiger partial charge >= 0.3 is 0 Å². The second-order valence-corrected chi connectivity index (χ2v) is 6.28. The highest BCUT2D eigenvalue weighted by molar-refractivity contribution is 5.72. The number of hydrogen-bond donors (Lipinski definition) is 2. The smallest absolute Gasteiger partial charge is 0.0655 e. The Bertz CT molecular complexity index is 797. The molecule has 0 fully saturated rings. The third-order valence-electron chi connectivity index (χ3n) is 4.68. The molecular formula is C22H22N2. The lowest BCUT2D eigenvalue weighted by atomic mass is 9.94. The van der Waals surface area contributed by atoms with Crippen molar-refractivity contribution < 1.29 is 0 Å². The first-order chi connectivity index (χ1) is 11.9. The summed E-state index contributed by atoms with van der Waals surface area (Å²) in [5, 5.41) is 6.62. The van der Waals surface area contributed by atoms with Crippen LogP contribution in [0.15, 0.2) is 79.0 Å². The summed E-state index contributed by atoms with van der Waals surface area (Å²) < 4.78 is 0. The van der Waals surface area contributed by atoms with Gasteiger partial charge in [0, 0.05) is 0 Å². The lowest BCUT2D eigenvalue weighted by Crippen LogP contribution is -2.32. The Morgan fingerprint density at radius 3 is 2.54 bits per heavy atom. The molecule has 2 N–H and O–H groups in total. The zero-order chi connectivity index (χ0) is 16.2. The molecule has 0 amide bonds. The molecule has 4 rings (SSSR count). The minimum atomic E-state index is 0.282. The molecule has 2 aromatic rings. The minimum absolute atomic E-state index is 0.282. The van der Waals surface area contributed by atoms with Crippen LogP contribution in [0.2, 0.25) is 0 Å². The molecule has 2 aliphatic rings. The summed E-state index contributed by atoms with van der Waals surface area (Å²) in [6.45, 7) is 0.809. The van der Waals surface area contributed by atoms with E-state index in [-0.39, 0.29) is 6.04 Å². The van der Waals surface area contributed by atoms with Gasteiger partial charge in [-0.1, -0.05) is 60.7 Å². The monoisotopic (exact) mass is 314 g/mol. The van der Waals surface area contributed by atoms with Gasteiger partial charge in [-0.05, 0) is 59.0 Å². The van der Waals surface area contributed by atoms with Crippen LogP contribution in [-0.2, 0) is 0 Å². The summed E-state index contributed by atoms with van der Waals surface area (Å²) in [5.41, 5.74) is 6.61. The fraction of sp³-hybridized carbons (Fsp3) is 0.182. The molecule has 1 aliphatic heterocycles. The van der Waals surface area contributed by atoms with Crippen LogP contribution in [0.4, 0.5) is 0 Å².